The first kappa shape index (κ1) is 13.5. The summed E-state index contributed by atoms with van der Waals surface area (Å²) in [5, 5.41) is 3.09. The van der Waals surface area contributed by atoms with Crippen molar-refractivity contribution in [1.82, 2.24) is 10.2 Å². The van der Waals surface area contributed by atoms with Gasteiger partial charge in [-0.2, -0.15) is 0 Å². The molecule has 5 heteroatoms. The molecule has 98 valence electrons. The summed E-state index contributed by atoms with van der Waals surface area (Å²) in [4.78, 5) is 14.2. The van der Waals surface area contributed by atoms with Crippen molar-refractivity contribution >= 4 is 21.8 Å². The lowest BCUT2D eigenvalue weighted by Gasteiger charge is -2.25. The van der Waals surface area contributed by atoms with E-state index >= 15 is 0 Å². The summed E-state index contributed by atoms with van der Waals surface area (Å²) in [6.07, 6.45) is 2.00. The van der Waals surface area contributed by atoms with Crippen molar-refractivity contribution in [3.8, 4) is 0 Å². The van der Waals surface area contributed by atoms with Crippen molar-refractivity contribution in [2.45, 2.75) is 18.9 Å². The Bertz CT molecular complexity index is 453. The highest BCUT2D eigenvalue weighted by molar-refractivity contribution is 9.10. The van der Waals surface area contributed by atoms with Crippen LogP contribution in [-0.4, -0.2) is 37.0 Å². The van der Waals surface area contributed by atoms with Crippen molar-refractivity contribution in [2.75, 3.05) is 20.1 Å². The van der Waals surface area contributed by atoms with Gasteiger partial charge in [0, 0.05) is 19.1 Å². The summed E-state index contributed by atoms with van der Waals surface area (Å²) >= 11 is 3.15. The van der Waals surface area contributed by atoms with E-state index < -0.39 is 5.82 Å². The molecule has 0 bridgehead atoms. The molecule has 1 saturated heterocycles. The third kappa shape index (κ3) is 2.57. The van der Waals surface area contributed by atoms with E-state index in [0.29, 0.717) is 5.56 Å². The molecule has 1 aliphatic rings. The highest BCUT2D eigenvalue weighted by atomic mass is 79.9. The molecule has 3 nitrogen and oxygen atoms in total. The molecule has 2 rings (SSSR count). The highest BCUT2D eigenvalue weighted by Gasteiger charge is 2.30. The van der Waals surface area contributed by atoms with Crippen LogP contribution in [0.1, 0.15) is 23.2 Å². The van der Waals surface area contributed by atoms with Gasteiger partial charge in [-0.25, -0.2) is 4.39 Å². The molecule has 1 unspecified atom stereocenters. The molecule has 1 atom stereocenters. The Hall–Kier alpha value is -0.940. The molecule has 1 fully saturated rings. The Balaban J connectivity index is 2.23. The van der Waals surface area contributed by atoms with Gasteiger partial charge in [-0.3, -0.25) is 4.79 Å². The molecule has 18 heavy (non-hydrogen) atoms. The number of likely N-dealkylation sites (tertiary alicyclic amines) is 1. The van der Waals surface area contributed by atoms with E-state index in [1.807, 2.05) is 11.9 Å². The first-order valence-electron chi connectivity index (χ1n) is 6.04. The zero-order valence-corrected chi connectivity index (χ0v) is 11.8. The predicted octanol–water partition coefficient (Wildman–Crippen LogP) is 2.41. The highest BCUT2D eigenvalue weighted by Crippen LogP contribution is 2.25. The van der Waals surface area contributed by atoms with E-state index in [2.05, 4.69) is 21.2 Å². The molecule has 1 amide bonds. The lowest BCUT2D eigenvalue weighted by Crippen LogP contribution is -2.41. The monoisotopic (exact) mass is 314 g/mol. The third-order valence-corrected chi connectivity index (χ3v) is 4.07. The molecule has 1 heterocycles. The molecule has 0 aliphatic carbocycles. The molecule has 1 aromatic carbocycles. The molecular weight excluding hydrogens is 299 g/mol. The van der Waals surface area contributed by atoms with Gasteiger partial charge in [0.05, 0.1) is 10.0 Å². The van der Waals surface area contributed by atoms with E-state index in [1.54, 1.807) is 12.1 Å². The number of nitrogens with one attached hydrogen (secondary N) is 1. The molecule has 0 aromatic heterocycles. The molecule has 0 spiro atoms. The van der Waals surface area contributed by atoms with Gasteiger partial charge in [-0.05, 0) is 48.0 Å². The van der Waals surface area contributed by atoms with Crippen LogP contribution < -0.4 is 5.32 Å². The zero-order chi connectivity index (χ0) is 13.1. The van der Waals surface area contributed by atoms with Gasteiger partial charge >= 0.3 is 0 Å². The van der Waals surface area contributed by atoms with Gasteiger partial charge in [0.25, 0.3) is 5.91 Å². The molecule has 1 aromatic rings. The van der Waals surface area contributed by atoms with Crippen LogP contribution in [0.15, 0.2) is 22.7 Å². The Morgan fingerprint density at radius 2 is 2.39 bits per heavy atom. The minimum absolute atomic E-state index is 0.0980. The number of halogens is 2. The zero-order valence-electron chi connectivity index (χ0n) is 10.2. The number of benzene rings is 1. The number of amides is 1. The second kappa shape index (κ2) is 5.80. The lowest BCUT2D eigenvalue weighted by molar-refractivity contribution is 0.0735. The second-order valence-corrected chi connectivity index (χ2v) is 5.25. The summed E-state index contributed by atoms with van der Waals surface area (Å²) in [5.74, 6) is -0.496. The van der Waals surface area contributed by atoms with E-state index in [4.69, 9.17) is 0 Å². The second-order valence-electron chi connectivity index (χ2n) is 4.45. The topological polar surface area (TPSA) is 32.3 Å². The maximum Gasteiger partial charge on any atom is 0.255 e. The van der Waals surface area contributed by atoms with E-state index in [9.17, 15) is 9.18 Å². The molecule has 1 aliphatic heterocycles. The lowest BCUT2D eigenvalue weighted by atomic mass is 10.1. The minimum Gasteiger partial charge on any atom is -0.334 e. The van der Waals surface area contributed by atoms with Gasteiger partial charge in [0.1, 0.15) is 5.82 Å². The number of carbonyl (C=O) groups excluding carboxylic acids is 1. The van der Waals surface area contributed by atoms with Crippen LogP contribution in [0, 0.1) is 5.82 Å². The van der Waals surface area contributed by atoms with Gasteiger partial charge in [0.2, 0.25) is 0 Å². The molecule has 1 N–H and O–H groups in total. The Labute approximate surface area is 114 Å². The molecule has 0 radical (unpaired) electrons. The van der Waals surface area contributed by atoms with Gasteiger partial charge < -0.3 is 10.2 Å². The van der Waals surface area contributed by atoms with E-state index in [1.165, 1.54) is 6.07 Å². The van der Waals surface area contributed by atoms with Crippen LogP contribution in [0.5, 0.6) is 0 Å². The smallest absolute Gasteiger partial charge is 0.255 e. The van der Waals surface area contributed by atoms with Crippen LogP contribution >= 0.6 is 15.9 Å². The number of carbonyl (C=O) groups is 1. The Kier molecular flexibility index (Phi) is 4.35. The molecular formula is C13H16BrFN2O. The van der Waals surface area contributed by atoms with Crippen molar-refractivity contribution in [1.29, 1.82) is 0 Å². The fraction of sp³-hybridized carbons (Fsp3) is 0.462. The first-order chi connectivity index (χ1) is 8.65. The number of hydrogen-bond donors (Lipinski definition) is 1. The Morgan fingerprint density at radius 1 is 1.61 bits per heavy atom. The van der Waals surface area contributed by atoms with Gasteiger partial charge in [-0.15, -0.1) is 0 Å². The summed E-state index contributed by atoms with van der Waals surface area (Å²) in [6, 6.07) is 4.77. The number of likely N-dealkylation sites (N-methyl/N-ethyl adjacent to an activating group) is 1. The van der Waals surface area contributed by atoms with Crippen LogP contribution in [0.4, 0.5) is 4.39 Å². The average molecular weight is 315 g/mol. The van der Waals surface area contributed by atoms with Crippen molar-refractivity contribution in [3.05, 3.63) is 34.1 Å². The quantitative estimate of drug-likeness (QED) is 0.929. The fourth-order valence-corrected chi connectivity index (χ4v) is 2.81. The normalized spacial score (nSPS) is 19.3. The van der Waals surface area contributed by atoms with Crippen LogP contribution in [0.25, 0.3) is 0 Å². The van der Waals surface area contributed by atoms with E-state index in [-0.39, 0.29) is 16.4 Å². The number of hydrogen-bond acceptors (Lipinski definition) is 2. The maximum absolute atomic E-state index is 13.4. The van der Waals surface area contributed by atoms with Crippen molar-refractivity contribution < 1.29 is 9.18 Å². The number of rotatable bonds is 3. The van der Waals surface area contributed by atoms with Gasteiger partial charge in [0.15, 0.2) is 0 Å². The largest absolute Gasteiger partial charge is 0.334 e. The average Bonchev–Trinajstić information content (AvgIpc) is 2.80. The predicted molar refractivity (Wildman–Crippen MR) is 72.1 cm³/mol. The van der Waals surface area contributed by atoms with Crippen LogP contribution in [0.3, 0.4) is 0 Å². The SMILES string of the molecule is CNCC1CCCN1C(=O)c1cccc(F)c1Br. The van der Waals surface area contributed by atoms with Crippen LogP contribution in [-0.2, 0) is 0 Å². The summed E-state index contributed by atoms with van der Waals surface area (Å²) < 4.78 is 13.7. The molecule has 0 saturated carbocycles. The van der Waals surface area contributed by atoms with Crippen LogP contribution in [0.2, 0.25) is 0 Å². The summed E-state index contributed by atoms with van der Waals surface area (Å²) in [5.41, 5.74) is 0.401. The fourth-order valence-electron chi connectivity index (χ4n) is 2.37. The minimum atomic E-state index is -0.398. The summed E-state index contributed by atoms with van der Waals surface area (Å²) in [6.45, 7) is 1.52. The van der Waals surface area contributed by atoms with Gasteiger partial charge in [-0.1, -0.05) is 6.07 Å². The third-order valence-electron chi connectivity index (χ3n) is 3.26. The van der Waals surface area contributed by atoms with E-state index in [0.717, 1.165) is 25.9 Å². The Morgan fingerprint density at radius 3 is 3.11 bits per heavy atom. The summed E-state index contributed by atoms with van der Waals surface area (Å²) in [7, 11) is 1.87. The van der Waals surface area contributed by atoms with Crippen molar-refractivity contribution in [3.63, 3.8) is 0 Å². The maximum atomic E-state index is 13.4. The standard InChI is InChI=1S/C13H16BrFN2O/c1-16-8-9-4-3-7-17(9)13(18)10-5-2-6-11(15)12(10)14/h2,5-6,9,16H,3-4,7-8H2,1H3. The van der Waals surface area contributed by atoms with Crippen molar-refractivity contribution in [2.24, 2.45) is 0 Å². The number of nitrogens with zero attached hydrogens (tertiary/aromatic N) is 1. The first-order valence-corrected chi connectivity index (χ1v) is 6.84.